The van der Waals surface area contributed by atoms with Crippen molar-refractivity contribution in [2.24, 2.45) is 5.73 Å². The number of aromatic nitrogens is 3. The minimum absolute atomic E-state index is 0.232. The number of nitrogens with zero attached hydrogens (tertiary/aromatic N) is 3. The molecule has 2 heterocycles. The number of fused-ring (bicyclic) bond motifs is 1. The van der Waals surface area contributed by atoms with Crippen LogP contribution in [0.1, 0.15) is 11.4 Å². The minimum atomic E-state index is -0.232. The lowest BCUT2D eigenvalue weighted by Crippen LogP contribution is -2.11. The fourth-order valence-corrected chi connectivity index (χ4v) is 2.26. The lowest BCUT2D eigenvalue weighted by Gasteiger charge is -2.08. The van der Waals surface area contributed by atoms with E-state index in [-0.39, 0.29) is 5.82 Å². The van der Waals surface area contributed by atoms with E-state index in [9.17, 15) is 4.39 Å². The van der Waals surface area contributed by atoms with Gasteiger partial charge in [0.15, 0.2) is 5.65 Å². The number of hydrogen-bond acceptors (Lipinski definition) is 3. The molecule has 102 valence electrons. The summed E-state index contributed by atoms with van der Waals surface area (Å²) in [4.78, 5) is 8.95. The van der Waals surface area contributed by atoms with Gasteiger partial charge >= 0.3 is 0 Å². The molecular formula is C15H15FN4. The van der Waals surface area contributed by atoms with E-state index in [0.717, 1.165) is 22.6 Å². The quantitative estimate of drug-likeness (QED) is 0.790. The molecule has 2 aromatic heterocycles. The Morgan fingerprint density at radius 1 is 1.15 bits per heavy atom. The average molecular weight is 270 g/mol. The monoisotopic (exact) mass is 270 g/mol. The number of benzene rings is 1. The molecule has 1 aromatic carbocycles. The van der Waals surface area contributed by atoms with Crippen molar-refractivity contribution in [1.29, 1.82) is 0 Å². The number of pyridine rings is 1. The Bertz CT molecular complexity index is 718. The Hall–Kier alpha value is -2.27. The molecule has 0 radical (unpaired) electrons. The van der Waals surface area contributed by atoms with Crippen LogP contribution in [0.2, 0.25) is 0 Å². The number of halogens is 1. The highest BCUT2D eigenvalue weighted by atomic mass is 19.1. The number of imidazole rings is 1. The second-order valence-corrected chi connectivity index (χ2v) is 4.63. The topological polar surface area (TPSA) is 56.7 Å². The Morgan fingerprint density at radius 2 is 1.95 bits per heavy atom. The lowest BCUT2D eigenvalue weighted by molar-refractivity contribution is 0.626. The Balaban J connectivity index is 2.04. The normalized spacial score (nSPS) is 11.1. The van der Waals surface area contributed by atoms with Crippen LogP contribution in [0.4, 0.5) is 4.39 Å². The van der Waals surface area contributed by atoms with Crippen molar-refractivity contribution in [1.82, 2.24) is 14.5 Å². The molecule has 0 amide bonds. The van der Waals surface area contributed by atoms with Crippen molar-refractivity contribution in [3.8, 4) is 0 Å². The summed E-state index contributed by atoms with van der Waals surface area (Å²) in [5.41, 5.74) is 8.34. The maximum Gasteiger partial charge on any atom is 0.160 e. The van der Waals surface area contributed by atoms with Gasteiger partial charge in [0.2, 0.25) is 0 Å². The molecule has 20 heavy (non-hydrogen) atoms. The van der Waals surface area contributed by atoms with Crippen molar-refractivity contribution < 1.29 is 4.39 Å². The molecule has 0 spiro atoms. The third kappa shape index (κ3) is 2.40. The van der Waals surface area contributed by atoms with E-state index in [4.69, 9.17) is 5.73 Å². The highest BCUT2D eigenvalue weighted by Crippen LogP contribution is 2.16. The Labute approximate surface area is 116 Å². The van der Waals surface area contributed by atoms with Gasteiger partial charge < -0.3 is 10.3 Å². The Morgan fingerprint density at radius 3 is 2.70 bits per heavy atom. The van der Waals surface area contributed by atoms with Crippen molar-refractivity contribution >= 4 is 11.2 Å². The summed E-state index contributed by atoms with van der Waals surface area (Å²) in [5, 5.41) is 0. The van der Waals surface area contributed by atoms with Gasteiger partial charge in [-0.15, -0.1) is 0 Å². The first kappa shape index (κ1) is 12.7. The van der Waals surface area contributed by atoms with E-state index < -0.39 is 0 Å². The summed E-state index contributed by atoms with van der Waals surface area (Å²) in [7, 11) is 0. The summed E-state index contributed by atoms with van der Waals surface area (Å²) in [6, 6.07) is 10.3. The minimum Gasteiger partial charge on any atom is -0.330 e. The van der Waals surface area contributed by atoms with E-state index in [0.29, 0.717) is 19.5 Å². The summed E-state index contributed by atoms with van der Waals surface area (Å²) in [6.07, 6.45) is 2.44. The molecule has 3 aromatic rings. The second kappa shape index (κ2) is 5.38. The summed E-state index contributed by atoms with van der Waals surface area (Å²) in [5.74, 6) is 0.676. The first-order valence-corrected chi connectivity index (χ1v) is 6.52. The zero-order chi connectivity index (χ0) is 13.9. The summed E-state index contributed by atoms with van der Waals surface area (Å²) < 4.78 is 15.0. The molecule has 0 unspecified atom stereocenters. The van der Waals surface area contributed by atoms with Gasteiger partial charge in [-0.1, -0.05) is 12.1 Å². The average Bonchev–Trinajstić information content (AvgIpc) is 2.80. The van der Waals surface area contributed by atoms with Crippen LogP contribution in [0.3, 0.4) is 0 Å². The molecule has 3 rings (SSSR count). The molecule has 2 N–H and O–H groups in total. The van der Waals surface area contributed by atoms with Crippen LogP contribution in [0.5, 0.6) is 0 Å². The second-order valence-electron chi connectivity index (χ2n) is 4.63. The van der Waals surface area contributed by atoms with Gasteiger partial charge in [-0.3, -0.25) is 0 Å². The highest BCUT2D eigenvalue weighted by Gasteiger charge is 2.11. The maximum absolute atomic E-state index is 13.0. The zero-order valence-electron chi connectivity index (χ0n) is 11.0. The van der Waals surface area contributed by atoms with Crippen LogP contribution >= 0.6 is 0 Å². The predicted molar refractivity (Wildman–Crippen MR) is 75.8 cm³/mol. The third-order valence-electron chi connectivity index (χ3n) is 3.20. The van der Waals surface area contributed by atoms with E-state index >= 15 is 0 Å². The highest BCUT2D eigenvalue weighted by molar-refractivity contribution is 5.71. The van der Waals surface area contributed by atoms with Crippen LogP contribution in [0, 0.1) is 5.82 Å². The first-order valence-electron chi connectivity index (χ1n) is 6.52. The van der Waals surface area contributed by atoms with Gasteiger partial charge in [0.05, 0.1) is 6.54 Å². The molecule has 0 saturated carbocycles. The van der Waals surface area contributed by atoms with Crippen molar-refractivity contribution in [2.45, 2.75) is 13.0 Å². The molecule has 0 atom stereocenters. The molecule has 0 bridgehead atoms. The molecule has 0 fully saturated rings. The van der Waals surface area contributed by atoms with Gasteiger partial charge in [-0.2, -0.15) is 0 Å². The molecule has 5 heteroatoms. The molecule has 4 nitrogen and oxygen atoms in total. The van der Waals surface area contributed by atoms with Crippen LogP contribution in [-0.4, -0.2) is 21.1 Å². The van der Waals surface area contributed by atoms with Crippen LogP contribution in [0.25, 0.3) is 11.2 Å². The Kier molecular flexibility index (Phi) is 3.43. The smallest absolute Gasteiger partial charge is 0.160 e. The molecule has 0 saturated heterocycles. The molecule has 0 aliphatic rings. The fourth-order valence-electron chi connectivity index (χ4n) is 2.26. The SMILES string of the molecule is NCCc1nc2cccnc2n1Cc1ccc(F)cc1. The molecule has 0 aliphatic heterocycles. The fraction of sp³-hybridized carbons (Fsp3) is 0.200. The summed E-state index contributed by atoms with van der Waals surface area (Å²) >= 11 is 0. The van der Waals surface area contributed by atoms with Gasteiger partial charge in [0.1, 0.15) is 17.2 Å². The standard InChI is InChI=1S/C15H15FN4/c16-12-5-3-11(4-6-12)10-20-14(7-8-17)19-13-2-1-9-18-15(13)20/h1-6,9H,7-8,10,17H2. The van der Waals surface area contributed by atoms with Crippen molar-refractivity contribution in [3.05, 3.63) is 59.8 Å². The maximum atomic E-state index is 13.0. The number of rotatable bonds is 4. The van der Waals surface area contributed by atoms with Gasteiger partial charge in [-0.25, -0.2) is 14.4 Å². The van der Waals surface area contributed by atoms with E-state index in [2.05, 4.69) is 9.97 Å². The van der Waals surface area contributed by atoms with Gasteiger partial charge in [0, 0.05) is 12.6 Å². The lowest BCUT2D eigenvalue weighted by atomic mass is 10.2. The van der Waals surface area contributed by atoms with Crippen molar-refractivity contribution in [2.75, 3.05) is 6.54 Å². The zero-order valence-corrected chi connectivity index (χ0v) is 11.0. The summed E-state index contributed by atoms with van der Waals surface area (Å²) in [6.45, 7) is 1.15. The predicted octanol–water partition coefficient (Wildman–Crippen LogP) is 2.12. The van der Waals surface area contributed by atoms with Gasteiger partial charge in [0.25, 0.3) is 0 Å². The van der Waals surface area contributed by atoms with Crippen LogP contribution < -0.4 is 5.73 Å². The van der Waals surface area contributed by atoms with Gasteiger partial charge in [-0.05, 0) is 36.4 Å². The van der Waals surface area contributed by atoms with Crippen LogP contribution in [-0.2, 0) is 13.0 Å². The van der Waals surface area contributed by atoms with Crippen LogP contribution in [0.15, 0.2) is 42.6 Å². The van der Waals surface area contributed by atoms with E-state index in [1.165, 1.54) is 12.1 Å². The van der Waals surface area contributed by atoms with Crippen molar-refractivity contribution in [3.63, 3.8) is 0 Å². The number of nitrogens with two attached hydrogens (primary N) is 1. The van der Waals surface area contributed by atoms with E-state index in [1.807, 2.05) is 16.7 Å². The molecule has 0 aliphatic carbocycles. The molecular weight excluding hydrogens is 255 g/mol. The number of hydrogen-bond donors (Lipinski definition) is 1. The first-order chi connectivity index (χ1) is 9.78. The third-order valence-corrected chi connectivity index (χ3v) is 3.20. The largest absolute Gasteiger partial charge is 0.330 e. The van der Waals surface area contributed by atoms with E-state index in [1.54, 1.807) is 18.3 Å².